The lowest BCUT2D eigenvalue weighted by Crippen LogP contribution is -2.38. The minimum absolute atomic E-state index is 0.127. The molecule has 0 aliphatic carbocycles. The summed E-state index contributed by atoms with van der Waals surface area (Å²) in [6.07, 6.45) is 0. The van der Waals surface area contributed by atoms with Crippen LogP contribution in [0.3, 0.4) is 0 Å². The number of aliphatic carboxylic acids is 1. The minimum Gasteiger partial charge on any atom is -0.480 e. The highest BCUT2D eigenvalue weighted by Gasteiger charge is 2.15. The lowest BCUT2D eigenvalue weighted by molar-refractivity contribution is -0.138. The summed E-state index contributed by atoms with van der Waals surface area (Å²) in [5.74, 6) is -1.94. The third-order valence-electron chi connectivity index (χ3n) is 2.33. The average Bonchev–Trinajstić information content (AvgIpc) is 2.39. The van der Waals surface area contributed by atoms with Crippen LogP contribution in [0.1, 0.15) is 17.3 Å². The lowest BCUT2D eigenvalue weighted by atomic mass is 10.2. The summed E-state index contributed by atoms with van der Waals surface area (Å²) in [6, 6.07) is 5.07. The van der Waals surface area contributed by atoms with E-state index in [0.717, 1.165) is 0 Å². The maximum absolute atomic E-state index is 11.7. The monoisotopic (exact) mass is 265 g/mol. The van der Waals surface area contributed by atoms with Crippen molar-refractivity contribution < 1.29 is 19.5 Å². The Kier molecular flexibility index (Phi) is 5.01. The molecule has 0 fully saturated rings. The maximum Gasteiger partial charge on any atom is 0.325 e. The Morgan fingerprint density at radius 3 is 2.32 bits per heavy atom. The fraction of sp³-hybridized carbons (Fsp3) is 0.250. The molecule has 0 heterocycles. The van der Waals surface area contributed by atoms with Gasteiger partial charge in [0, 0.05) is 11.3 Å². The molecular weight excluding hydrogens is 250 g/mol. The highest BCUT2D eigenvalue weighted by atomic mass is 16.4. The number of anilines is 1. The highest BCUT2D eigenvalue weighted by Crippen LogP contribution is 2.09. The first-order chi connectivity index (χ1) is 8.93. The molecule has 19 heavy (non-hydrogen) atoms. The molecule has 0 radical (unpaired) electrons. The normalized spacial score (nSPS) is 11.5. The van der Waals surface area contributed by atoms with Gasteiger partial charge in [-0.05, 0) is 31.2 Å². The summed E-state index contributed by atoms with van der Waals surface area (Å²) < 4.78 is 0. The number of carboxylic acids is 1. The van der Waals surface area contributed by atoms with Gasteiger partial charge in [-0.1, -0.05) is 0 Å². The van der Waals surface area contributed by atoms with E-state index in [4.69, 9.17) is 10.8 Å². The van der Waals surface area contributed by atoms with Gasteiger partial charge >= 0.3 is 5.97 Å². The Hall–Kier alpha value is -2.41. The van der Waals surface area contributed by atoms with Crippen molar-refractivity contribution in [3.8, 4) is 0 Å². The second kappa shape index (κ2) is 6.50. The van der Waals surface area contributed by atoms with Crippen LogP contribution in [0.15, 0.2) is 24.3 Å². The van der Waals surface area contributed by atoms with Crippen molar-refractivity contribution in [3.05, 3.63) is 29.8 Å². The van der Waals surface area contributed by atoms with Crippen LogP contribution in [0.5, 0.6) is 0 Å². The van der Waals surface area contributed by atoms with E-state index >= 15 is 0 Å². The van der Waals surface area contributed by atoms with Crippen LogP contribution in [-0.2, 0) is 9.59 Å². The molecular formula is C12H15N3O4. The number of carboxylic acid groups (broad SMARTS) is 1. The molecule has 0 aliphatic heterocycles. The molecule has 0 aromatic heterocycles. The summed E-state index contributed by atoms with van der Waals surface area (Å²) in [4.78, 5) is 33.3. The van der Waals surface area contributed by atoms with E-state index in [2.05, 4.69) is 10.6 Å². The molecule has 2 amide bonds. The van der Waals surface area contributed by atoms with Crippen LogP contribution in [0.4, 0.5) is 5.69 Å². The molecule has 1 atom stereocenters. The lowest BCUT2D eigenvalue weighted by Gasteiger charge is -2.09. The average molecular weight is 265 g/mol. The molecule has 1 aromatic carbocycles. The maximum atomic E-state index is 11.7. The fourth-order valence-electron chi connectivity index (χ4n) is 1.26. The smallest absolute Gasteiger partial charge is 0.325 e. The number of hydrogen-bond acceptors (Lipinski definition) is 4. The highest BCUT2D eigenvalue weighted by molar-refractivity contribution is 5.97. The number of carbonyl (C=O) groups is 3. The molecule has 0 unspecified atom stereocenters. The van der Waals surface area contributed by atoms with Gasteiger partial charge in [0.25, 0.3) is 5.91 Å². The Morgan fingerprint density at radius 1 is 1.26 bits per heavy atom. The molecule has 0 saturated heterocycles. The van der Waals surface area contributed by atoms with Gasteiger partial charge in [0.15, 0.2) is 0 Å². The summed E-state index contributed by atoms with van der Waals surface area (Å²) in [5, 5.41) is 13.5. The zero-order valence-corrected chi connectivity index (χ0v) is 10.3. The van der Waals surface area contributed by atoms with Crippen molar-refractivity contribution in [1.29, 1.82) is 0 Å². The quantitative estimate of drug-likeness (QED) is 0.586. The molecule has 0 spiro atoms. The first-order valence-electron chi connectivity index (χ1n) is 5.57. The number of nitrogens with one attached hydrogen (secondary N) is 2. The number of benzene rings is 1. The summed E-state index contributed by atoms with van der Waals surface area (Å²) in [7, 11) is 0. The van der Waals surface area contributed by atoms with Crippen LogP contribution in [-0.4, -0.2) is 35.5 Å². The van der Waals surface area contributed by atoms with Crippen molar-refractivity contribution in [2.24, 2.45) is 5.73 Å². The van der Waals surface area contributed by atoms with Crippen molar-refractivity contribution in [2.75, 3.05) is 11.9 Å². The fourth-order valence-corrected chi connectivity index (χ4v) is 1.26. The van der Waals surface area contributed by atoms with Crippen LogP contribution in [0.2, 0.25) is 0 Å². The van der Waals surface area contributed by atoms with Crippen molar-refractivity contribution in [2.45, 2.75) is 13.0 Å². The standard InChI is InChI=1S/C12H15N3O4/c1-7(12(18)19)14-11(17)8-2-4-9(5-3-8)15-10(16)6-13/h2-5,7H,6,13H2,1H3,(H,14,17)(H,15,16)(H,18,19)/t7-/m0/s1. The Morgan fingerprint density at radius 2 is 1.84 bits per heavy atom. The zero-order chi connectivity index (χ0) is 14.4. The van der Waals surface area contributed by atoms with Gasteiger partial charge in [0.05, 0.1) is 6.54 Å². The number of nitrogens with two attached hydrogens (primary N) is 1. The molecule has 5 N–H and O–H groups in total. The minimum atomic E-state index is -1.11. The van der Waals surface area contributed by atoms with Crippen LogP contribution >= 0.6 is 0 Å². The van der Waals surface area contributed by atoms with Gasteiger partial charge in [-0.15, -0.1) is 0 Å². The molecule has 102 valence electrons. The van der Waals surface area contributed by atoms with Crippen molar-refractivity contribution >= 4 is 23.5 Å². The van der Waals surface area contributed by atoms with Gasteiger partial charge in [0.2, 0.25) is 5.91 Å². The number of amides is 2. The second-order valence-electron chi connectivity index (χ2n) is 3.86. The van der Waals surface area contributed by atoms with E-state index in [1.807, 2.05) is 0 Å². The predicted octanol–water partition coefficient (Wildman–Crippen LogP) is -0.213. The predicted molar refractivity (Wildman–Crippen MR) is 68.7 cm³/mol. The van der Waals surface area contributed by atoms with Crippen LogP contribution in [0, 0.1) is 0 Å². The molecule has 7 nitrogen and oxygen atoms in total. The SMILES string of the molecule is C[C@H](NC(=O)c1ccc(NC(=O)CN)cc1)C(=O)O. The van der Waals surface area contributed by atoms with Crippen molar-refractivity contribution in [1.82, 2.24) is 5.32 Å². The van der Waals surface area contributed by atoms with Gasteiger partial charge in [0.1, 0.15) is 6.04 Å². The summed E-state index contributed by atoms with van der Waals surface area (Å²) in [6.45, 7) is 1.24. The topological polar surface area (TPSA) is 122 Å². The Bertz CT molecular complexity index is 484. The molecule has 0 saturated carbocycles. The van der Waals surface area contributed by atoms with Crippen LogP contribution in [0.25, 0.3) is 0 Å². The van der Waals surface area contributed by atoms with E-state index in [9.17, 15) is 14.4 Å². The zero-order valence-electron chi connectivity index (χ0n) is 10.3. The summed E-state index contributed by atoms with van der Waals surface area (Å²) in [5.41, 5.74) is 5.97. The van der Waals surface area contributed by atoms with Crippen molar-refractivity contribution in [3.63, 3.8) is 0 Å². The molecule has 1 aromatic rings. The summed E-state index contributed by atoms with van der Waals surface area (Å²) >= 11 is 0. The molecule has 7 heteroatoms. The van der Waals surface area contributed by atoms with E-state index in [1.165, 1.54) is 31.2 Å². The van der Waals surface area contributed by atoms with E-state index in [-0.39, 0.29) is 12.5 Å². The largest absolute Gasteiger partial charge is 0.480 e. The second-order valence-corrected chi connectivity index (χ2v) is 3.86. The Balaban J connectivity index is 2.68. The third kappa shape index (κ3) is 4.40. The number of carbonyl (C=O) groups excluding carboxylic acids is 2. The first-order valence-corrected chi connectivity index (χ1v) is 5.57. The molecule has 0 aliphatic rings. The van der Waals surface area contributed by atoms with E-state index < -0.39 is 17.9 Å². The van der Waals surface area contributed by atoms with E-state index in [0.29, 0.717) is 11.3 Å². The van der Waals surface area contributed by atoms with Gasteiger partial charge in [-0.25, -0.2) is 0 Å². The van der Waals surface area contributed by atoms with Crippen LogP contribution < -0.4 is 16.4 Å². The molecule has 1 rings (SSSR count). The number of rotatable bonds is 5. The third-order valence-corrected chi connectivity index (χ3v) is 2.33. The number of hydrogen-bond donors (Lipinski definition) is 4. The van der Waals surface area contributed by atoms with Gasteiger partial charge in [-0.2, -0.15) is 0 Å². The van der Waals surface area contributed by atoms with E-state index in [1.54, 1.807) is 0 Å². The Labute approximate surface area is 109 Å². The first kappa shape index (κ1) is 14.7. The van der Waals surface area contributed by atoms with Gasteiger partial charge in [-0.3, -0.25) is 14.4 Å². The molecule has 0 bridgehead atoms. The van der Waals surface area contributed by atoms with Gasteiger partial charge < -0.3 is 21.5 Å².